The molecule has 3 N–H and O–H groups in total. The molecule has 1 aromatic heterocycles. The van der Waals surface area contributed by atoms with Crippen LogP contribution in [0.15, 0.2) is 18.2 Å². The molecule has 134 valence electrons. The van der Waals surface area contributed by atoms with Crippen molar-refractivity contribution in [2.45, 2.75) is 51.5 Å². The monoisotopic (exact) mass is 377 g/mol. The van der Waals surface area contributed by atoms with E-state index in [0.717, 1.165) is 41.8 Å². The number of aryl methyl sites for hydroxylation is 3. The SMILES string of the molecule is Cc1sc(NC(=O)C2CCC(N)C2)nc1-c1ccc2c(c1)CCC2.Cl. The van der Waals surface area contributed by atoms with Crippen molar-refractivity contribution in [3.8, 4) is 11.3 Å². The van der Waals surface area contributed by atoms with Gasteiger partial charge in [0.1, 0.15) is 0 Å². The van der Waals surface area contributed by atoms with Gasteiger partial charge in [-0.25, -0.2) is 4.98 Å². The Balaban J connectivity index is 0.00000182. The number of rotatable bonds is 3. The molecule has 0 aliphatic heterocycles. The molecule has 2 unspecified atom stereocenters. The number of hydrogen-bond donors (Lipinski definition) is 2. The van der Waals surface area contributed by atoms with Gasteiger partial charge in [-0.1, -0.05) is 12.1 Å². The Kier molecular flexibility index (Phi) is 5.46. The van der Waals surface area contributed by atoms with Crippen LogP contribution in [0.1, 0.15) is 41.7 Å². The second-order valence-corrected chi connectivity index (χ2v) is 8.22. The molecule has 0 spiro atoms. The van der Waals surface area contributed by atoms with E-state index in [9.17, 15) is 4.79 Å². The Morgan fingerprint density at radius 3 is 2.84 bits per heavy atom. The van der Waals surface area contributed by atoms with Gasteiger partial charge in [-0.2, -0.15) is 0 Å². The first kappa shape index (κ1) is 18.4. The number of fused-ring (bicyclic) bond motifs is 1. The Morgan fingerprint density at radius 2 is 2.08 bits per heavy atom. The first-order chi connectivity index (χ1) is 11.6. The summed E-state index contributed by atoms with van der Waals surface area (Å²) in [5.74, 6) is 0.102. The topological polar surface area (TPSA) is 68.0 Å². The van der Waals surface area contributed by atoms with Crippen LogP contribution in [-0.4, -0.2) is 16.9 Å². The highest BCUT2D eigenvalue weighted by Crippen LogP contribution is 2.34. The van der Waals surface area contributed by atoms with Gasteiger partial charge in [0.2, 0.25) is 5.91 Å². The van der Waals surface area contributed by atoms with Crippen LogP contribution in [0.5, 0.6) is 0 Å². The fraction of sp³-hybridized carbons (Fsp3) is 0.474. The van der Waals surface area contributed by atoms with E-state index in [1.807, 2.05) is 0 Å². The van der Waals surface area contributed by atoms with Crippen LogP contribution < -0.4 is 11.1 Å². The molecule has 1 fully saturated rings. The van der Waals surface area contributed by atoms with Crippen molar-refractivity contribution in [2.24, 2.45) is 11.7 Å². The lowest BCUT2D eigenvalue weighted by atomic mass is 10.0. The molecule has 0 saturated heterocycles. The number of carbonyl (C=O) groups is 1. The van der Waals surface area contributed by atoms with Crippen molar-refractivity contribution < 1.29 is 4.79 Å². The van der Waals surface area contributed by atoms with Crippen molar-refractivity contribution in [3.63, 3.8) is 0 Å². The highest BCUT2D eigenvalue weighted by molar-refractivity contribution is 7.16. The van der Waals surface area contributed by atoms with Crippen molar-refractivity contribution in [2.75, 3.05) is 5.32 Å². The van der Waals surface area contributed by atoms with Crippen LogP contribution >= 0.6 is 23.7 Å². The lowest BCUT2D eigenvalue weighted by Gasteiger charge is -2.08. The fourth-order valence-electron chi connectivity index (χ4n) is 3.90. The number of aromatic nitrogens is 1. The predicted octanol–water partition coefficient (Wildman–Crippen LogP) is 4.09. The summed E-state index contributed by atoms with van der Waals surface area (Å²) >= 11 is 1.56. The van der Waals surface area contributed by atoms with Gasteiger partial charge >= 0.3 is 0 Å². The third kappa shape index (κ3) is 3.73. The third-order valence-electron chi connectivity index (χ3n) is 5.24. The molecule has 0 bridgehead atoms. The zero-order valence-electron chi connectivity index (χ0n) is 14.4. The summed E-state index contributed by atoms with van der Waals surface area (Å²) in [6.07, 6.45) is 6.21. The van der Waals surface area contributed by atoms with Gasteiger partial charge in [-0.3, -0.25) is 4.79 Å². The Bertz CT molecular complexity index is 789. The minimum atomic E-state index is 0. The molecular formula is C19H24ClN3OS. The number of nitrogens with two attached hydrogens (primary N) is 1. The summed E-state index contributed by atoms with van der Waals surface area (Å²) in [5.41, 5.74) is 11.0. The molecule has 4 rings (SSSR count). The van der Waals surface area contributed by atoms with Gasteiger partial charge in [0.25, 0.3) is 0 Å². The number of halogens is 1. The number of nitrogens with one attached hydrogen (secondary N) is 1. The molecule has 6 heteroatoms. The van der Waals surface area contributed by atoms with Gasteiger partial charge in [-0.05, 0) is 62.6 Å². The number of hydrogen-bond acceptors (Lipinski definition) is 4. The maximum atomic E-state index is 12.4. The van der Waals surface area contributed by atoms with Gasteiger partial charge in [0.05, 0.1) is 5.69 Å². The van der Waals surface area contributed by atoms with E-state index in [-0.39, 0.29) is 30.3 Å². The maximum absolute atomic E-state index is 12.4. The number of anilines is 1. The predicted molar refractivity (Wildman–Crippen MR) is 106 cm³/mol. The van der Waals surface area contributed by atoms with Crippen LogP contribution in [0.4, 0.5) is 5.13 Å². The largest absolute Gasteiger partial charge is 0.328 e. The molecule has 1 heterocycles. The van der Waals surface area contributed by atoms with Crippen LogP contribution in [-0.2, 0) is 17.6 Å². The molecule has 4 nitrogen and oxygen atoms in total. The normalized spacial score (nSPS) is 21.7. The molecule has 2 aromatic rings. The van der Waals surface area contributed by atoms with Gasteiger partial charge in [0, 0.05) is 22.4 Å². The van der Waals surface area contributed by atoms with E-state index in [2.05, 4.69) is 30.4 Å². The van der Waals surface area contributed by atoms with Crippen LogP contribution in [0.25, 0.3) is 11.3 Å². The lowest BCUT2D eigenvalue weighted by Crippen LogP contribution is -2.23. The lowest BCUT2D eigenvalue weighted by molar-refractivity contribution is -0.119. The number of amides is 1. The summed E-state index contributed by atoms with van der Waals surface area (Å²) in [6.45, 7) is 2.07. The molecule has 25 heavy (non-hydrogen) atoms. The average molecular weight is 378 g/mol. The van der Waals surface area contributed by atoms with Gasteiger partial charge in [0.15, 0.2) is 5.13 Å². The first-order valence-corrected chi connectivity index (χ1v) is 9.58. The minimum Gasteiger partial charge on any atom is -0.328 e. The summed E-state index contributed by atoms with van der Waals surface area (Å²) in [7, 11) is 0. The van der Waals surface area contributed by atoms with Crippen LogP contribution in [0.3, 0.4) is 0 Å². The summed E-state index contributed by atoms with van der Waals surface area (Å²) in [6, 6.07) is 6.83. The van der Waals surface area contributed by atoms with Crippen LogP contribution in [0.2, 0.25) is 0 Å². The number of nitrogens with zero attached hydrogens (tertiary/aromatic N) is 1. The Morgan fingerprint density at radius 1 is 1.28 bits per heavy atom. The number of carbonyl (C=O) groups excluding carboxylic acids is 1. The third-order valence-corrected chi connectivity index (χ3v) is 6.13. The first-order valence-electron chi connectivity index (χ1n) is 8.76. The van der Waals surface area contributed by atoms with E-state index in [1.54, 1.807) is 11.3 Å². The standard InChI is InChI=1S/C19H23N3OS.ClH/c1-11-17(14-6-5-12-3-2-4-13(12)9-14)21-19(24-11)22-18(23)15-7-8-16(20)10-15;/h5-6,9,15-16H,2-4,7-8,10,20H2,1H3,(H,21,22,23);1H. The Hall–Kier alpha value is -1.43. The maximum Gasteiger partial charge on any atom is 0.229 e. The molecule has 0 radical (unpaired) electrons. The fourth-order valence-corrected chi connectivity index (χ4v) is 4.74. The second-order valence-electron chi connectivity index (χ2n) is 7.02. The molecular weight excluding hydrogens is 354 g/mol. The minimum absolute atomic E-state index is 0. The Labute approximate surface area is 158 Å². The van der Waals surface area contributed by atoms with Gasteiger partial charge < -0.3 is 11.1 Å². The number of thiazole rings is 1. The summed E-state index contributed by atoms with van der Waals surface area (Å²) in [5, 5.41) is 3.70. The van der Waals surface area contributed by atoms with E-state index in [1.165, 1.54) is 24.0 Å². The van der Waals surface area contributed by atoms with Crippen molar-refractivity contribution >= 4 is 34.8 Å². The molecule has 2 aliphatic carbocycles. The van der Waals surface area contributed by atoms with Crippen molar-refractivity contribution in [1.29, 1.82) is 0 Å². The van der Waals surface area contributed by atoms with Crippen molar-refractivity contribution in [1.82, 2.24) is 4.98 Å². The highest BCUT2D eigenvalue weighted by atomic mass is 35.5. The second kappa shape index (κ2) is 7.44. The molecule has 1 amide bonds. The average Bonchev–Trinajstić information content (AvgIpc) is 3.26. The molecule has 1 aromatic carbocycles. The number of benzene rings is 1. The van der Waals surface area contributed by atoms with Gasteiger partial charge in [-0.15, -0.1) is 23.7 Å². The summed E-state index contributed by atoms with van der Waals surface area (Å²) < 4.78 is 0. The molecule has 1 saturated carbocycles. The quantitative estimate of drug-likeness (QED) is 0.846. The van der Waals surface area contributed by atoms with E-state index >= 15 is 0 Å². The van der Waals surface area contributed by atoms with Crippen LogP contribution in [0, 0.1) is 12.8 Å². The zero-order valence-corrected chi connectivity index (χ0v) is 16.0. The van der Waals surface area contributed by atoms with Crippen molar-refractivity contribution in [3.05, 3.63) is 34.2 Å². The molecule has 2 aliphatic rings. The van der Waals surface area contributed by atoms with E-state index in [4.69, 9.17) is 10.7 Å². The summed E-state index contributed by atoms with van der Waals surface area (Å²) in [4.78, 5) is 18.2. The smallest absolute Gasteiger partial charge is 0.229 e. The highest BCUT2D eigenvalue weighted by Gasteiger charge is 2.28. The van der Waals surface area contributed by atoms with E-state index in [0.29, 0.717) is 5.13 Å². The zero-order chi connectivity index (χ0) is 16.7. The molecule has 2 atom stereocenters. The van der Waals surface area contributed by atoms with E-state index < -0.39 is 0 Å².